The number of aromatic nitrogens is 2. The molecule has 1 heterocycles. The highest BCUT2D eigenvalue weighted by Gasteiger charge is 2.12. The second-order valence-corrected chi connectivity index (χ2v) is 4.92. The van der Waals surface area contributed by atoms with Gasteiger partial charge in [-0.15, -0.1) is 0 Å². The number of nitrogens with zero attached hydrogens (tertiary/aromatic N) is 1. The highest BCUT2D eigenvalue weighted by molar-refractivity contribution is 9.10. The van der Waals surface area contributed by atoms with Crippen molar-refractivity contribution in [3.8, 4) is 11.4 Å². The third-order valence-electron chi connectivity index (χ3n) is 2.83. The number of rotatable bonds is 1. The summed E-state index contributed by atoms with van der Waals surface area (Å²) in [7, 11) is 0. The predicted octanol–water partition coefficient (Wildman–Crippen LogP) is 3.85. The molecule has 0 atom stereocenters. The summed E-state index contributed by atoms with van der Waals surface area (Å²) in [6.45, 7) is 0. The molecule has 19 heavy (non-hydrogen) atoms. The smallest absolute Gasteiger partial charge is 0.146 e. The maximum Gasteiger partial charge on any atom is 0.146 e. The van der Waals surface area contributed by atoms with Crippen molar-refractivity contribution in [1.82, 2.24) is 9.97 Å². The van der Waals surface area contributed by atoms with Gasteiger partial charge in [0.2, 0.25) is 0 Å². The van der Waals surface area contributed by atoms with Gasteiger partial charge in [-0.1, -0.05) is 6.07 Å². The van der Waals surface area contributed by atoms with E-state index >= 15 is 0 Å². The second-order valence-electron chi connectivity index (χ2n) is 4.07. The molecule has 0 aliphatic heterocycles. The summed E-state index contributed by atoms with van der Waals surface area (Å²) in [5.41, 5.74) is 7.25. The Kier molecular flexibility index (Phi) is 2.74. The molecule has 2 aromatic carbocycles. The van der Waals surface area contributed by atoms with Gasteiger partial charge in [0.25, 0.3) is 0 Å². The normalized spacial score (nSPS) is 11.1. The lowest BCUT2D eigenvalue weighted by Crippen LogP contribution is -1.94. The fraction of sp³-hybridized carbons (Fsp3) is 0. The van der Waals surface area contributed by atoms with E-state index in [0.717, 1.165) is 0 Å². The van der Waals surface area contributed by atoms with Gasteiger partial charge in [0.05, 0.1) is 21.2 Å². The minimum absolute atomic E-state index is 0.0149. The van der Waals surface area contributed by atoms with Gasteiger partial charge < -0.3 is 10.7 Å². The molecule has 3 N–H and O–H groups in total. The van der Waals surface area contributed by atoms with E-state index in [1.54, 1.807) is 18.2 Å². The number of nitrogens with one attached hydrogen (secondary N) is 1. The highest BCUT2D eigenvalue weighted by atomic mass is 79.9. The first-order valence-electron chi connectivity index (χ1n) is 5.45. The third-order valence-corrected chi connectivity index (χ3v) is 3.44. The molecule has 1 aromatic heterocycles. The van der Waals surface area contributed by atoms with Crippen molar-refractivity contribution < 1.29 is 8.78 Å². The molecule has 3 rings (SSSR count). The van der Waals surface area contributed by atoms with Crippen LogP contribution in [0.2, 0.25) is 0 Å². The summed E-state index contributed by atoms with van der Waals surface area (Å²) in [6.07, 6.45) is 0. The number of nitrogen functional groups attached to an aromatic ring is 1. The van der Waals surface area contributed by atoms with Gasteiger partial charge in [0.1, 0.15) is 17.5 Å². The van der Waals surface area contributed by atoms with Crippen LogP contribution in [-0.4, -0.2) is 9.97 Å². The Morgan fingerprint density at radius 3 is 2.74 bits per heavy atom. The molecule has 0 amide bonds. The number of hydrogen-bond acceptors (Lipinski definition) is 2. The zero-order chi connectivity index (χ0) is 13.6. The SMILES string of the molecule is Nc1c(F)cccc1-c1nc2cc(Br)c(F)cc2[nH]1. The van der Waals surface area contributed by atoms with E-state index in [1.165, 1.54) is 12.1 Å². The fourth-order valence-electron chi connectivity index (χ4n) is 1.88. The number of H-pyrrole nitrogens is 1. The van der Waals surface area contributed by atoms with Crippen LogP contribution in [0, 0.1) is 11.6 Å². The Morgan fingerprint density at radius 1 is 1.16 bits per heavy atom. The standard InChI is InChI=1S/C13H8BrF2N3/c14-7-4-10-11(5-9(7)16)19-13(18-10)6-2-1-3-8(15)12(6)17/h1-5H,17H2,(H,18,19). The zero-order valence-electron chi connectivity index (χ0n) is 9.55. The largest absolute Gasteiger partial charge is 0.396 e. The molecule has 0 aliphatic carbocycles. The van der Waals surface area contributed by atoms with Crippen molar-refractivity contribution in [1.29, 1.82) is 0 Å². The first kappa shape index (κ1) is 12.1. The van der Waals surface area contributed by atoms with E-state index in [2.05, 4.69) is 25.9 Å². The van der Waals surface area contributed by atoms with E-state index in [1.807, 2.05) is 0 Å². The number of para-hydroxylation sites is 1. The lowest BCUT2D eigenvalue weighted by atomic mass is 10.1. The quantitative estimate of drug-likeness (QED) is 0.668. The number of aromatic amines is 1. The van der Waals surface area contributed by atoms with Crippen LogP contribution in [0.3, 0.4) is 0 Å². The molecule has 0 radical (unpaired) electrons. The van der Waals surface area contributed by atoms with E-state index in [4.69, 9.17) is 5.73 Å². The van der Waals surface area contributed by atoms with Crippen molar-refractivity contribution >= 4 is 32.7 Å². The third kappa shape index (κ3) is 1.98. The number of imidazole rings is 1. The van der Waals surface area contributed by atoms with E-state index < -0.39 is 11.6 Å². The molecule has 3 nitrogen and oxygen atoms in total. The summed E-state index contributed by atoms with van der Waals surface area (Å²) in [4.78, 5) is 7.22. The average Bonchev–Trinajstić information content (AvgIpc) is 2.76. The first-order valence-corrected chi connectivity index (χ1v) is 6.24. The summed E-state index contributed by atoms with van der Waals surface area (Å²) in [5, 5.41) is 0. The summed E-state index contributed by atoms with van der Waals surface area (Å²) in [5.74, 6) is -0.496. The van der Waals surface area contributed by atoms with Crippen LogP contribution in [-0.2, 0) is 0 Å². The van der Waals surface area contributed by atoms with Crippen LogP contribution in [0.1, 0.15) is 0 Å². The van der Waals surface area contributed by atoms with Crippen LogP contribution in [0.4, 0.5) is 14.5 Å². The monoisotopic (exact) mass is 323 g/mol. The van der Waals surface area contributed by atoms with Crippen LogP contribution >= 0.6 is 15.9 Å². The first-order chi connectivity index (χ1) is 9.06. The molecular weight excluding hydrogens is 316 g/mol. The number of anilines is 1. The Bertz CT molecular complexity index is 744. The maximum atomic E-state index is 13.4. The van der Waals surface area contributed by atoms with Gasteiger partial charge in [-0.25, -0.2) is 13.8 Å². The van der Waals surface area contributed by atoms with Gasteiger partial charge >= 0.3 is 0 Å². The van der Waals surface area contributed by atoms with Crippen LogP contribution in [0.15, 0.2) is 34.8 Å². The van der Waals surface area contributed by atoms with Gasteiger partial charge in [-0.05, 0) is 34.1 Å². The molecule has 0 spiro atoms. The molecular formula is C13H8BrF2N3. The molecule has 0 aliphatic rings. The zero-order valence-corrected chi connectivity index (χ0v) is 11.1. The predicted molar refractivity (Wildman–Crippen MR) is 73.6 cm³/mol. The lowest BCUT2D eigenvalue weighted by molar-refractivity contribution is 0.623. The fourth-order valence-corrected chi connectivity index (χ4v) is 2.21. The van der Waals surface area contributed by atoms with Crippen molar-refractivity contribution in [3.63, 3.8) is 0 Å². The number of fused-ring (bicyclic) bond motifs is 1. The van der Waals surface area contributed by atoms with Gasteiger partial charge in [0, 0.05) is 11.6 Å². The topological polar surface area (TPSA) is 54.7 Å². The minimum Gasteiger partial charge on any atom is -0.396 e. The van der Waals surface area contributed by atoms with Crippen LogP contribution < -0.4 is 5.73 Å². The van der Waals surface area contributed by atoms with Gasteiger partial charge in [-0.2, -0.15) is 0 Å². The van der Waals surface area contributed by atoms with Crippen LogP contribution in [0.5, 0.6) is 0 Å². The molecule has 0 unspecified atom stereocenters. The minimum atomic E-state index is -0.509. The van der Waals surface area contributed by atoms with Gasteiger partial charge in [0.15, 0.2) is 0 Å². The van der Waals surface area contributed by atoms with E-state index in [-0.39, 0.29) is 5.69 Å². The molecule has 3 aromatic rings. The number of halogens is 3. The Hall–Kier alpha value is -1.95. The molecule has 0 bridgehead atoms. The van der Waals surface area contributed by atoms with Crippen LogP contribution in [0.25, 0.3) is 22.4 Å². The van der Waals surface area contributed by atoms with E-state index in [0.29, 0.717) is 26.9 Å². The van der Waals surface area contributed by atoms with E-state index in [9.17, 15) is 8.78 Å². The summed E-state index contributed by atoms with van der Waals surface area (Å²) < 4.78 is 27.2. The molecule has 0 saturated heterocycles. The highest BCUT2D eigenvalue weighted by Crippen LogP contribution is 2.29. The molecule has 0 fully saturated rings. The molecule has 96 valence electrons. The molecule has 6 heteroatoms. The number of benzene rings is 2. The van der Waals surface area contributed by atoms with Crippen molar-refractivity contribution in [2.75, 3.05) is 5.73 Å². The summed E-state index contributed by atoms with van der Waals surface area (Å²) in [6, 6.07) is 7.36. The van der Waals surface area contributed by atoms with Crippen molar-refractivity contribution in [2.24, 2.45) is 0 Å². The summed E-state index contributed by atoms with van der Waals surface area (Å²) >= 11 is 3.09. The molecule has 0 saturated carbocycles. The Balaban J connectivity index is 2.23. The number of nitrogens with two attached hydrogens (primary N) is 1. The number of hydrogen-bond donors (Lipinski definition) is 2. The maximum absolute atomic E-state index is 13.4. The second kappa shape index (κ2) is 4.31. The van der Waals surface area contributed by atoms with Crippen molar-refractivity contribution in [2.45, 2.75) is 0 Å². The lowest BCUT2D eigenvalue weighted by Gasteiger charge is -2.02. The average molecular weight is 324 g/mol. The van der Waals surface area contributed by atoms with Crippen molar-refractivity contribution in [3.05, 3.63) is 46.4 Å². The Morgan fingerprint density at radius 2 is 1.95 bits per heavy atom. The Labute approximate surface area is 115 Å². The van der Waals surface area contributed by atoms with Gasteiger partial charge in [-0.3, -0.25) is 0 Å².